The third-order valence-corrected chi connectivity index (χ3v) is 2.49. The zero-order valence-electron chi connectivity index (χ0n) is 11.4. The molecule has 0 aromatic rings. The molecule has 0 radical (unpaired) electrons. The lowest BCUT2D eigenvalue weighted by atomic mass is 10.1. The summed E-state index contributed by atoms with van der Waals surface area (Å²) in [5.41, 5.74) is 0. The number of hydrogen-bond donors (Lipinski definition) is 2. The van der Waals surface area contributed by atoms with Gasteiger partial charge in [0.2, 0.25) is 5.91 Å². The lowest BCUT2D eigenvalue weighted by molar-refractivity contribution is -0.142. The van der Waals surface area contributed by atoms with Crippen LogP contribution in [0.2, 0.25) is 0 Å². The Morgan fingerprint density at radius 3 is 2.61 bits per heavy atom. The predicted molar refractivity (Wildman–Crippen MR) is 68.4 cm³/mol. The second kappa shape index (κ2) is 9.85. The first-order chi connectivity index (χ1) is 8.51. The Morgan fingerprint density at radius 1 is 1.44 bits per heavy atom. The summed E-state index contributed by atoms with van der Waals surface area (Å²) in [6, 6.07) is 0. The number of rotatable bonds is 10. The lowest BCUT2D eigenvalue weighted by Crippen LogP contribution is -2.41. The average Bonchev–Trinajstić information content (AvgIpc) is 2.29. The molecule has 0 bridgehead atoms. The summed E-state index contributed by atoms with van der Waals surface area (Å²) in [6.07, 6.45) is 0.887. The van der Waals surface area contributed by atoms with Gasteiger partial charge >= 0.3 is 5.97 Å². The van der Waals surface area contributed by atoms with E-state index in [1.54, 1.807) is 14.0 Å². The molecule has 0 saturated heterocycles. The fourth-order valence-corrected chi connectivity index (χ4v) is 1.57. The highest BCUT2D eigenvalue weighted by Gasteiger charge is 2.17. The van der Waals surface area contributed by atoms with E-state index in [9.17, 15) is 9.59 Å². The average molecular weight is 260 g/mol. The van der Waals surface area contributed by atoms with Crippen molar-refractivity contribution in [2.75, 3.05) is 39.9 Å². The highest BCUT2D eigenvalue weighted by atomic mass is 16.5. The highest BCUT2D eigenvalue weighted by Crippen LogP contribution is 2.01. The first-order valence-corrected chi connectivity index (χ1v) is 6.22. The quantitative estimate of drug-likeness (QED) is 0.548. The first kappa shape index (κ1) is 16.9. The topological polar surface area (TPSA) is 78.9 Å². The Labute approximate surface area is 108 Å². The smallest absolute Gasteiger partial charge is 0.307 e. The van der Waals surface area contributed by atoms with Crippen molar-refractivity contribution in [3.63, 3.8) is 0 Å². The van der Waals surface area contributed by atoms with E-state index in [1.807, 2.05) is 11.8 Å². The van der Waals surface area contributed by atoms with Crippen LogP contribution in [-0.2, 0) is 14.3 Å². The largest absolute Gasteiger partial charge is 0.481 e. The van der Waals surface area contributed by atoms with Crippen molar-refractivity contribution < 1.29 is 19.4 Å². The maximum absolute atomic E-state index is 11.6. The number of ether oxygens (including phenoxy) is 1. The molecule has 18 heavy (non-hydrogen) atoms. The number of carboxylic acid groups (broad SMARTS) is 1. The van der Waals surface area contributed by atoms with Gasteiger partial charge in [0.05, 0.1) is 19.1 Å². The summed E-state index contributed by atoms with van der Waals surface area (Å²) in [5, 5.41) is 11.6. The van der Waals surface area contributed by atoms with Crippen molar-refractivity contribution in [1.29, 1.82) is 0 Å². The molecule has 0 aliphatic carbocycles. The van der Waals surface area contributed by atoms with Crippen molar-refractivity contribution in [3.05, 3.63) is 0 Å². The van der Waals surface area contributed by atoms with E-state index >= 15 is 0 Å². The Hall–Kier alpha value is -1.14. The molecule has 2 N–H and O–H groups in total. The van der Waals surface area contributed by atoms with Crippen LogP contribution in [0.15, 0.2) is 0 Å². The van der Waals surface area contributed by atoms with Crippen molar-refractivity contribution >= 4 is 11.9 Å². The van der Waals surface area contributed by atoms with Crippen LogP contribution in [0.1, 0.15) is 20.3 Å². The molecule has 0 saturated carbocycles. The number of carbonyl (C=O) groups excluding carboxylic acids is 1. The number of amides is 1. The van der Waals surface area contributed by atoms with E-state index in [4.69, 9.17) is 9.84 Å². The molecule has 0 fully saturated rings. The summed E-state index contributed by atoms with van der Waals surface area (Å²) in [7, 11) is 1.57. The van der Waals surface area contributed by atoms with Gasteiger partial charge in [0, 0.05) is 20.2 Å². The van der Waals surface area contributed by atoms with Crippen molar-refractivity contribution in [2.45, 2.75) is 20.3 Å². The number of carbonyl (C=O) groups is 2. The third kappa shape index (κ3) is 8.03. The normalized spacial score (nSPS) is 12.4. The predicted octanol–water partition coefficient (Wildman–Crippen LogP) is 0.182. The molecule has 6 nitrogen and oxygen atoms in total. The van der Waals surface area contributed by atoms with Gasteiger partial charge in [-0.1, -0.05) is 13.8 Å². The Kier molecular flexibility index (Phi) is 9.22. The van der Waals surface area contributed by atoms with E-state index in [0.29, 0.717) is 19.7 Å². The van der Waals surface area contributed by atoms with Crippen molar-refractivity contribution in [2.24, 2.45) is 5.92 Å². The zero-order chi connectivity index (χ0) is 14.0. The number of nitrogens with zero attached hydrogens (tertiary/aromatic N) is 1. The van der Waals surface area contributed by atoms with Gasteiger partial charge in [0.15, 0.2) is 0 Å². The van der Waals surface area contributed by atoms with Gasteiger partial charge in [0.25, 0.3) is 0 Å². The molecule has 1 unspecified atom stereocenters. The van der Waals surface area contributed by atoms with Crippen LogP contribution in [0, 0.1) is 5.92 Å². The van der Waals surface area contributed by atoms with Crippen LogP contribution in [0.5, 0.6) is 0 Å². The molecule has 106 valence electrons. The second-order valence-electron chi connectivity index (χ2n) is 4.32. The van der Waals surface area contributed by atoms with Gasteiger partial charge in [0.1, 0.15) is 0 Å². The summed E-state index contributed by atoms with van der Waals surface area (Å²) in [5.74, 6) is -1.41. The van der Waals surface area contributed by atoms with Gasteiger partial charge < -0.3 is 15.2 Å². The van der Waals surface area contributed by atoms with E-state index in [2.05, 4.69) is 5.32 Å². The Balaban J connectivity index is 4.09. The van der Waals surface area contributed by atoms with Crippen LogP contribution < -0.4 is 5.32 Å². The molecule has 0 aliphatic heterocycles. The summed E-state index contributed by atoms with van der Waals surface area (Å²) < 4.78 is 4.83. The van der Waals surface area contributed by atoms with E-state index in [0.717, 1.165) is 13.0 Å². The molecule has 1 amide bonds. The van der Waals surface area contributed by atoms with Crippen LogP contribution in [0.4, 0.5) is 0 Å². The van der Waals surface area contributed by atoms with E-state index < -0.39 is 11.9 Å². The summed E-state index contributed by atoms with van der Waals surface area (Å²) in [6.45, 7) is 5.94. The molecular weight excluding hydrogens is 236 g/mol. The minimum atomic E-state index is -0.837. The summed E-state index contributed by atoms with van der Waals surface area (Å²) >= 11 is 0. The standard InChI is InChI=1S/C12H24N2O4/c1-4-6-14(8-10(2)12(16)17)9-11(15)13-5-7-18-3/h10H,4-9H2,1-3H3,(H,13,15)(H,16,17). The first-order valence-electron chi connectivity index (χ1n) is 6.22. The number of nitrogens with one attached hydrogen (secondary N) is 1. The molecule has 0 spiro atoms. The van der Waals surface area contributed by atoms with Gasteiger partial charge in [-0.15, -0.1) is 0 Å². The number of carboxylic acids is 1. The fraction of sp³-hybridized carbons (Fsp3) is 0.833. The summed E-state index contributed by atoms with van der Waals surface area (Å²) in [4.78, 5) is 24.3. The van der Waals surface area contributed by atoms with Crippen LogP contribution >= 0.6 is 0 Å². The molecule has 0 aromatic carbocycles. The maximum atomic E-state index is 11.6. The van der Waals surface area contributed by atoms with Gasteiger partial charge in [-0.2, -0.15) is 0 Å². The van der Waals surface area contributed by atoms with Crippen LogP contribution in [-0.4, -0.2) is 61.8 Å². The Morgan fingerprint density at radius 2 is 2.11 bits per heavy atom. The minimum Gasteiger partial charge on any atom is -0.481 e. The molecule has 0 heterocycles. The SMILES string of the molecule is CCCN(CC(=O)NCCOC)CC(C)C(=O)O. The lowest BCUT2D eigenvalue weighted by Gasteiger charge is -2.22. The molecule has 0 aliphatic rings. The van der Waals surface area contributed by atoms with Crippen molar-refractivity contribution in [1.82, 2.24) is 10.2 Å². The highest BCUT2D eigenvalue weighted by molar-refractivity contribution is 5.78. The van der Waals surface area contributed by atoms with Crippen LogP contribution in [0.3, 0.4) is 0 Å². The maximum Gasteiger partial charge on any atom is 0.307 e. The molecule has 0 aromatic heterocycles. The van der Waals surface area contributed by atoms with E-state index in [1.165, 1.54) is 0 Å². The Bertz CT molecular complexity index is 258. The number of methoxy groups -OCH3 is 1. The van der Waals surface area contributed by atoms with Gasteiger partial charge in [-0.25, -0.2) is 0 Å². The number of aliphatic carboxylic acids is 1. The van der Waals surface area contributed by atoms with Crippen LogP contribution in [0.25, 0.3) is 0 Å². The van der Waals surface area contributed by atoms with Crippen molar-refractivity contribution in [3.8, 4) is 0 Å². The zero-order valence-corrected chi connectivity index (χ0v) is 11.4. The fourth-order valence-electron chi connectivity index (χ4n) is 1.57. The third-order valence-electron chi connectivity index (χ3n) is 2.49. The molecule has 0 rings (SSSR count). The van der Waals surface area contributed by atoms with Gasteiger partial charge in [-0.3, -0.25) is 14.5 Å². The monoisotopic (exact) mass is 260 g/mol. The molecule has 1 atom stereocenters. The minimum absolute atomic E-state index is 0.0990. The van der Waals surface area contributed by atoms with Gasteiger partial charge in [-0.05, 0) is 13.0 Å². The second-order valence-corrected chi connectivity index (χ2v) is 4.32. The molecule has 6 heteroatoms. The number of hydrogen-bond acceptors (Lipinski definition) is 4. The molecular formula is C12H24N2O4. The van der Waals surface area contributed by atoms with E-state index in [-0.39, 0.29) is 12.5 Å².